The molecule has 0 bridgehead atoms. The highest BCUT2D eigenvalue weighted by molar-refractivity contribution is 9.10. The summed E-state index contributed by atoms with van der Waals surface area (Å²) in [7, 11) is 0. The summed E-state index contributed by atoms with van der Waals surface area (Å²) in [6, 6.07) is 6.37. The van der Waals surface area contributed by atoms with E-state index in [1.54, 1.807) is 0 Å². The zero-order valence-corrected chi connectivity index (χ0v) is 12.8. The normalized spacial score (nSPS) is 11.4. The van der Waals surface area contributed by atoms with E-state index in [2.05, 4.69) is 20.7 Å². The Balaban J connectivity index is 2.16. The molecule has 0 aliphatic carbocycles. The minimum absolute atomic E-state index is 0.113. The Hall–Kier alpha value is -1.96. The van der Waals surface area contributed by atoms with E-state index < -0.39 is 29.5 Å². The molecule has 122 valence electrons. The predicted octanol–water partition coefficient (Wildman–Crippen LogP) is 5.05. The fraction of sp³-hybridized carbons (Fsp3) is 0.133. The first kappa shape index (κ1) is 17.4. The number of alkyl halides is 3. The van der Waals surface area contributed by atoms with Crippen molar-refractivity contribution in [1.29, 1.82) is 0 Å². The Morgan fingerprint density at radius 1 is 1.04 bits per heavy atom. The molecular formula is C15H8BrF5O2. The number of Topliss-reactive ketones (excluding diaryl/α,β-unsaturated/α-hetero) is 1. The minimum atomic E-state index is -5.02. The number of hydrogen-bond acceptors (Lipinski definition) is 2. The molecule has 0 aliphatic heterocycles. The quantitative estimate of drug-likeness (QED) is 0.535. The van der Waals surface area contributed by atoms with Crippen LogP contribution in [0.15, 0.2) is 40.9 Å². The Bertz CT molecular complexity index is 743. The lowest BCUT2D eigenvalue weighted by Gasteiger charge is -2.10. The van der Waals surface area contributed by atoms with Crippen molar-refractivity contribution < 1.29 is 31.5 Å². The minimum Gasteiger partial charge on any atom is -0.403 e. The molecule has 8 heteroatoms. The first-order chi connectivity index (χ1) is 10.7. The lowest BCUT2D eigenvalue weighted by molar-refractivity contribution is -0.275. The van der Waals surface area contributed by atoms with Crippen molar-refractivity contribution in [2.75, 3.05) is 0 Å². The van der Waals surface area contributed by atoms with Crippen molar-refractivity contribution >= 4 is 21.7 Å². The maximum atomic E-state index is 13.6. The van der Waals surface area contributed by atoms with Crippen molar-refractivity contribution in [3.05, 3.63) is 63.6 Å². The second-order valence-electron chi connectivity index (χ2n) is 4.54. The molecule has 0 aromatic heterocycles. The molecule has 0 saturated heterocycles. The van der Waals surface area contributed by atoms with E-state index >= 15 is 0 Å². The van der Waals surface area contributed by atoms with E-state index in [1.807, 2.05) is 0 Å². The summed E-state index contributed by atoms with van der Waals surface area (Å²) in [5.41, 5.74) is 0.358. The van der Waals surface area contributed by atoms with Crippen LogP contribution in [-0.2, 0) is 6.42 Å². The van der Waals surface area contributed by atoms with Crippen molar-refractivity contribution in [2.45, 2.75) is 12.8 Å². The third kappa shape index (κ3) is 4.75. The molecule has 0 radical (unpaired) electrons. The van der Waals surface area contributed by atoms with Gasteiger partial charge in [0.1, 0.15) is 5.82 Å². The van der Waals surface area contributed by atoms with Crippen molar-refractivity contribution in [3.8, 4) is 5.75 Å². The van der Waals surface area contributed by atoms with Crippen LogP contribution < -0.4 is 4.74 Å². The average molecular weight is 395 g/mol. The van der Waals surface area contributed by atoms with E-state index in [-0.39, 0.29) is 16.5 Å². The second-order valence-corrected chi connectivity index (χ2v) is 5.40. The van der Waals surface area contributed by atoms with Gasteiger partial charge >= 0.3 is 6.36 Å². The van der Waals surface area contributed by atoms with Gasteiger partial charge in [0.05, 0.1) is 4.47 Å². The number of hydrogen-bond donors (Lipinski definition) is 0. The zero-order valence-electron chi connectivity index (χ0n) is 11.3. The molecule has 23 heavy (non-hydrogen) atoms. The molecule has 2 rings (SSSR count). The fourth-order valence-electron chi connectivity index (χ4n) is 1.82. The van der Waals surface area contributed by atoms with Gasteiger partial charge in [-0.15, -0.1) is 13.2 Å². The summed E-state index contributed by atoms with van der Waals surface area (Å²) in [4.78, 5) is 12.0. The lowest BCUT2D eigenvalue weighted by atomic mass is 10.0. The summed E-state index contributed by atoms with van der Waals surface area (Å²) in [6.07, 6.45) is -5.18. The highest BCUT2D eigenvalue weighted by Crippen LogP contribution is 2.26. The van der Waals surface area contributed by atoms with Crippen molar-refractivity contribution in [2.24, 2.45) is 0 Å². The van der Waals surface area contributed by atoms with Gasteiger partial charge in [0.25, 0.3) is 0 Å². The Morgan fingerprint density at radius 2 is 1.74 bits per heavy atom. The number of benzene rings is 2. The molecule has 0 atom stereocenters. The number of halogens is 6. The smallest absolute Gasteiger partial charge is 0.403 e. The van der Waals surface area contributed by atoms with Crippen LogP contribution in [0.3, 0.4) is 0 Å². The molecule has 0 unspecified atom stereocenters. The number of rotatable bonds is 4. The van der Waals surface area contributed by atoms with Crippen LogP contribution in [0.2, 0.25) is 0 Å². The summed E-state index contributed by atoms with van der Waals surface area (Å²) in [6.45, 7) is 0. The fourth-order valence-corrected chi connectivity index (χ4v) is 2.24. The molecule has 2 nitrogen and oxygen atoms in total. The molecule has 2 aromatic carbocycles. The third-order valence-corrected chi connectivity index (χ3v) is 3.44. The van der Waals surface area contributed by atoms with Gasteiger partial charge in [0, 0.05) is 12.0 Å². The van der Waals surface area contributed by atoms with Gasteiger partial charge in [-0.3, -0.25) is 4.79 Å². The monoisotopic (exact) mass is 394 g/mol. The number of ether oxygens (including phenoxy) is 1. The van der Waals surface area contributed by atoms with Gasteiger partial charge in [-0.1, -0.05) is 6.07 Å². The van der Waals surface area contributed by atoms with Crippen molar-refractivity contribution in [1.82, 2.24) is 0 Å². The molecular weight excluding hydrogens is 387 g/mol. The topological polar surface area (TPSA) is 26.3 Å². The SMILES string of the molecule is O=C(Cc1ccc(F)c(Br)c1)c1ccc(OC(F)(F)F)c(F)c1. The predicted molar refractivity (Wildman–Crippen MR) is 75.2 cm³/mol. The number of ketones is 1. The molecule has 0 heterocycles. The summed E-state index contributed by atoms with van der Waals surface area (Å²) >= 11 is 2.97. The molecule has 0 amide bonds. The third-order valence-electron chi connectivity index (χ3n) is 2.83. The Labute approximate surface area is 136 Å². The summed E-state index contributed by atoms with van der Waals surface area (Å²) in [5.74, 6) is -3.34. The first-order valence-electron chi connectivity index (χ1n) is 6.18. The molecule has 2 aromatic rings. The molecule has 0 saturated carbocycles. The number of carbonyl (C=O) groups is 1. The van der Waals surface area contributed by atoms with E-state index in [0.717, 1.165) is 18.2 Å². The van der Waals surface area contributed by atoms with E-state index in [0.29, 0.717) is 11.6 Å². The average Bonchev–Trinajstić information content (AvgIpc) is 2.43. The maximum Gasteiger partial charge on any atom is 0.573 e. The van der Waals surface area contributed by atoms with Gasteiger partial charge in [-0.25, -0.2) is 8.78 Å². The first-order valence-corrected chi connectivity index (χ1v) is 6.97. The maximum absolute atomic E-state index is 13.6. The highest BCUT2D eigenvalue weighted by Gasteiger charge is 2.32. The van der Waals surface area contributed by atoms with E-state index in [4.69, 9.17) is 0 Å². The van der Waals surface area contributed by atoms with Crippen LogP contribution in [-0.4, -0.2) is 12.1 Å². The molecule has 0 spiro atoms. The second kappa shape index (κ2) is 6.66. The Kier molecular flexibility index (Phi) is 5.03. The summed E-state index contributed by atoms with van der Waals surface area (Å²) in [5, 5.41) is 0. The summed E-state index contributed by atoms with van der Waals surface area (Å²) < 4.78 is 66.5. The standard InChI is InChI=1S/C15H8BrF5O2/c16-10-5-8(1-3-11(10)17)6-13(22)9-2-4-14(12(18)7-9)23-15(19,20)21/h1-5,7H,6H2. The van der Waals surface area contributed by atoms with E-state index in [1.165, 1.54) is 12.1 Å². The lowest BCUT2D eigenvalue weighted by Crippen LogP contribution is -2.18. The van der Waals surface area contributed by atoms with Crippen LogP contribution in [0.25, 0.3) is 0 Å². The van der Waals surface area contributed by atoms with E-state index in [9.17, 15) is 26.7 Å². The van der Waals surface area contributed by atoms with Gasteiger partial charge in [-0.05, 0) is 51.8 Å². The van der Waals surface area contributed by atoms with Crippen LogP contribution in [0, 0.1) is 11.6 Å². The molecule has 0 N–H and O–H groups in total. The van der Waals surface area contributed by atoms with Gasteiger partial charge in [0.15, 0.2) is 17.3 Å². The van der Waals surface area contributed by atoms with Crippen LogP contribution >= 0.6 is 15.9 Å². The zero-order chi connectivity index (χ0) is 17.2. The van der Waals surface area contributed by atoms with Crippen LogP contribution in [0.5, 0.6) is 5.75 Å². The number of carbonyl (C=O) groups excluding carboxylic acids is 1. The molecule has 0 fully saturated rings. The van der Waals surface area contributed by atoms with Gasteiger partial charge in [0.2, 0.25) is 0 Å². The largest absolute Gasteiger partial charge is 0.573 e. The molecule has 0 aliphatic rings. The van der Waals surface area contributed by atoms with Gasteiger partial charge in [-0.2, -0.15) is 0 Å². The van der Waals surface area contributed by atoms with Crippen LogP contribution in [0.4, 0.5) is 22.0 Å². The highest BCUT2D eigenvalue weighted by atomic mass is 79.9. The van der Waals surface area contributed by atoms with Gasteiger partial charge < -0.3 is 4.74 Å². The van der Waals surface area contributed by atoms with Crippen LogP contribution in [0.1, 0.15) is 15.9 Å². The Morgan fingerprint density at radius 3 is 2.30 bits per heavy atom. The van der Waals surface area contributed by atoms with Crippen molar-refractivity contribution in [3.63, 3.8) is 0 Å².